The molecule has 0 radical (unpaired) electrons. The fourth-order valence-electron chi connectivity index (χ4n) is 3.31. The predicted molar refractivity (Wildman–Crippen MR) is 135 cm³/mol. The molecule has 2 aromatic rings. The summed E-state index contributed by atoms with van der Waals surface area (Å²) in [5.74, 6) is -1.49. The maximum Gasteiger partial charge on any atom is 0.244 e. The Morgan fingerprint density at radius 3 is 2.40 bits per heavy atom. The third kappa shape index (κ3) is 7.57. The number of amides is 2. The van der Waals surface area contributed by atoms with E-state index in [9.17, 15) is 22.4 Å². The van der Waals surface area contributed by atoms with Gasteiger partial charge in [0.05, 0.1) is 19.1 Å². The van der Waals surface area contributed by atoms with Crippen molar-refractivity contribution in [2.24, 2.45) is 0 Å². The number of hydrogen-bond donors (Lipinski definition) is 1. The topological polar surface area (TPSA) is 96.0 Å². The van der Waals surface area contributed by atoms with Gasteiger partial charge >= 0.3 is 0 Å². The van der Waals surface area contributed by atoms with Crippen LogP contribution in [-0.4, -0.2) is 57.1 Å². The highest BCUT2D eigenvalue weighted by Crippen LogP contribution is 2.33. The third-order valence-electron chi connectivity index (χ3n) is 5.56. The summed E-state index contributed by atoms with van der Waals surface area (Å²) in [6.07, 6.45) is 1.62. The van der Waals surface area contributed by atoms with Crippen LogP contribution in [0.15, 0.2) is 42.5 Å². The quantitative estimate of drug-likeness (QED) is 0.482. The number of halogens is 2. The fourth-order valence-corrected chi connectivity index (χ4v) is 4.32. The predicted octanol–water partition coefficient (Wildman–Crippen LogP) is 3.59. The van der Waals surface area contributed by atoms with Crippen molar-refractivity contribution in [3.8, 4) is 5.75 Å². The van der Waals surface area contributed by atoms with E-state index in [-0.39, 0.29) is 34.6 Å². The standard InChI is InChI=1S/C24H31ClFN3O5S/c1-6-16(2)27-24(31)17(3)28(14-18-9-7-8-10-20(18)26)23(30)15-29(35(5,32)33)21-13-19(25)11-12-22(21)34-4/h7-13,16-17H,6,14-15H2,1-5H3,(H,27,31)/t16-,17+/m1/s1. The summed E-state index contributed by atoms with van der Waals surface area (Å²) < 4.78 is 45.9. The van der Waals surface area contributed by atoms with Gasteiger partial charge in [0.25, 0.3) is 0 Å². The molecule has 35 heavy (non-hydrogen) atoms. The molecule has 0 spiro atoms. The molecule has 2 aromatic carbocycles. The largest absolute Gasteiger partial charge is 0.495 e. The highest BCUT2D eigenvalue weighted by molar-refractivity contribution is 7.92. The molecule has 0 bridgehead atoms. The zero-order valence-electron chi connectivity index (χ0n) is 20.4. The summed E-state index contributed by atoms with van der Waals surface area (Å²) in [7, 11) is -2.61. The Hall–Kier alpha value is -2.85. The number of carbonyl (C=O) groups excluding carboxylic acids is 2. The van der Waals surface area contributed by atoms with E-state index < -0.39 is 40.2 Å². The molecule has 0 saturated heterocycles. The molecule has 0 heterocycles. The van der Waals surface area contributed by atoms with E-state index in [4.69, 9.17) is 16.3 Å². The molecule has 192 valence electrons. The lowest BCUT2D eigenvalue weighted by Gasteiger charge is -2.32. The number of anilines is 1. The number of carbonyl (C=O) groups is 2. The van der Waals surface area contributed by atoms with Crippen molar-refractivity contribution in [2.45, 2.75) is 45.8 Å². The van der Waals surface area contributed by atoms with Crippen molar-refractivity contribution in [3.05, 3.63) is 58.9 Å². The van der Waals surface area contributed by atoms with Crippen molar-refractivity contribution in [1.82, 2.24) is 10.2 Å². The molecule has 0 aromatic heterocycles. The van der Waals surface area contributed by atoms with Crippen molar-refractivity contribution in [2.75, 3.05) is 24.2 Å². The minimum Gasteiger partial charge on any atom is -0.495 e. The van der Waals surface area contributed by atoms with E-state index in [1.165, 1.54) is 50.4 Å². The molecule has 2 rings (SSSR count). The van der Waals surface area contributed by atoms with Gasteiger partial charge in [0, 0.05) is 23.2 Å². The number of nitrogens with zero attached hydrogens (tertiary/aromatic N) is 2. The second-order valence-corrected chi connectivity index (χ2v) is 10.5. The zero-order valence-corrected chi connectivity index (χ0v) is 22.0. The molecule has 2 atom stereocenters. The molecule has 0 aliphatic carbocycles. The van der Waals surface area contributed by atoms with Gasteiger partial charge in [-0.2, -0.15) is 0 Å². The van der Waals surface area contributed by atoms with Gasteiger partial charge in [-0.15, -0.1) is 0 Å². The van der Waals surface area contributed by atoms with Crippen LogP contribution in [0.2, 0.25) is 5.02 Å². The maximum atomic E-state index is 14.4. The molecule has 11 heteroatoms. The Morgan fingerprint density at radius 1 is 1.17 bits per heavy atom. The highest BCUT2D eigenvalue weighted by Gasteiger charge is 2.32. The molecule has 8 nitrogen and oxygen atoms in total. The van der Waals surface area contributed by atoms with E-state index in [2.05, 4.69) is 5.32 Å². The van der Waals surface area contributed by atoms with Crippen LogP contribution in [0.5, 0.6) is 5.75 Å². The van der Waals surface area contributed by atoms with Crippen LogP contribution in [0.25, 0.3) is 0 Å². The van der Waals surface area contributed by atoms with Gasteiger partial charge in [0.2, 0.25) is 21.8 Å². The Bertz CT molecular complexity index is 1160. The molecule has 0 unspecified atom stereocenters. The molecule has 0 aliphatic rings. The van der Waals surface area contributed by atoms with E-state index in [1.54, 1.807) is 6.07 Å². The highest BCUT2D eigenvalue weighted by atomic mass is 35.5. The molecule has 0 fully saturated rings. The average Bonchev–Trinajstić information content (AvgIpc) is 2.80. The maximum absolute atomic E-state index is 14.4. The van der Waals surface area contributed by atoms with Crippen molar-refractivity contribution >= 4 is 39.1 Å². The molecular formula is C24H31ClFN3O5S. The molecule has 0 saturated carbocycles. The lowest BCUT2D eigenvalue weighted by atomic mass is 10.1. The number of nitrogens with one attached hydrogen (secondary N) is 1. The smallest absolute Gasteiger partial charge is 0.244 e. The van der Waals surface area contributed by atoms with Crippen molar-refractivity contribution < 1.29 is 27.1 Å². The first-order valence-electron chi connectivity index (χ1n) is 11.0. The van der Waals surface area contributed by atoms with Crippen LogP contribution in [0.3, 0.4) is 0 Å². The second-order valence-electron chi connectivity index (χ2n) is 8.19. The van der Waals surface area contributed by atoms with Gasteiger partial charge < -0.3 is 15.0 Å². The number of hydrogen-bond acceptors (Lipinski definition) is 5. The fraction of sp³-hybridized carbons (Fsp3) is 0.417. The number of ether oxygens (including phenoxy) is 1. The Balaban J connectivity index is 2.47. The van der Waals surface area contributed by atoms with Crippen LogP contribution in [0.1, 0.15) is 32.8 Å². The first-order chi connectivity index (χ1) is 16.4. The SMILES string of the molecule is CC[C@@H](C)NC(=O)[C@H](C)N(Cc1ccccc1F)C(=O)CN(c1cc(Cl)ccc1OC)S(C)(=O)=O. The number of methoxy groups -OCH3 is 1. The summed E-state index contributed by atoms with van der Waals surface area (Å²) in [6, 6.07) is 9.13. The van der Waals surface area contributed by atoms with E-state index in [0.717, 1.165) is 15.5 Å². The summed E-state index contributed by atoms with van der Waals surface area (Å²) in [4.78, 5) is 27.5. The monoisotopic (exact) mass is 527 g/mol. The minimum absolute atomic E-state index is 0.0680. The number of rotatable bonds is 11. The Labute approximate surface area is 211 Å². The Kier molecular flexibility index (Phi) is 9.91. The lowest BCUT2D eigenvalue weighted by molar-refractivity contribution is -0.139. The van der Waals surface area contributed by atoms with E-state index >= 15 is 0 Å². The van der Waals surface area contributed by atoms with Crippen molar-refractivity contribution in [1.29, 1.82) is 0 Å². The number of sulfonamides is 1. The molecular weight excluding hydrogens is 497 g/mol. The van der Waals surface area contributed by atoms with Gasteiger partial charge in [0.15, 0.2) is 0 Å². The average molecular weight is 528 g/mol. The van der Waals surface area contributed by atoms with Gasteiger partial charge in [0.1, 0.15) is 24.2 Å². The first kappa shape index (κ1) is 28.4. The molecule has 0 aliphatic heterocycles. The first-order valence-corrected chi connectivity index (χ1v) is 13.3. The lowest BCUT2D eigenvalue weighted by Crippen LogP contribution is -2.52. The second kappa shape index (κ2) is 12.2. The third-order valence-corrected chi connectivity index (χ3v) is 6.92. The summed E-state index contributed by atoms with van der Waals surface area (Å²) in [5, 5.41) is 3.05. The van der Waals surface area contributed by atoms with Gasteiger partial charge in [-0.1, -0.05) is 36.7 Å². The summed E-state index contributed by atoms with van der Waals surface area (Å²) in [5.41, 5.74) is 0.258. The Morgan fingerprint density at radius 2 is 1.83 bits per heavy atom. The van der Waals surface area contributed by atoms with Crippen LogP contribution in [0.4, 0.5) is 10.1 Å². The zero-order chi connectivity index (χ0) is 26.3. The normalized spacial score (nSPS) is 13.0. The van der Waals surface area contributed by atoms with Crippen LogP contribution >= 0.6 is 11.6 Å². The van der Waals surface area contributed by atoms with Crippen LogP contribution in [0, 0.1) is 5.82 Å². The molecule has 2 amide bonds. The van der Waals surface area contributed by atoms with E-state index in [1.807, 2.05) is 13.8 Å². The van der Waals surface area contributed by atoms with Gasteiger partial charge in [-0.3, -0.25) is 13.9 Å². The molecule has 1 N–H and O–H groups in total. The minimum atomic E-state index is -3.97. The number of benzene rings is 2. The van der Waals surface area contributed by atoms with Crippen LogP contribution < -0.4 is 14.4 Å². The summed E-state index contributed by atoms with van der Waals surface area (Å²) >= 11 is 6.08. The summed E-state index contributed by atoms with van der Waals surface area (Å²) in [6.45, 7) is 4.36. The van der Waals surface area contributed by atoms with Crippen molar-refractivity contribution in [3.63, 3.8) is 0 Å². The van der Waals surface area contributed by atoms with Gasteiger partial charge in [-0.25, -0.2) is 12.8 Å². The van der Waals surface area contributed by atoms with E-state index in [0.29, 0.717) is 6.42 Å². The van der Waals surface area contributed by atoms with Crippen LogP contribution in [-0.2, 0) is 26.2 Å². The van der Waals surface area contributed by atoms with Gasteiger partial charge in [-0.05, 0) is 44.5 Å².